The lowest BCUT2D eigenvalue weighted by Crippen LogP contribution is -2.54. The Hall–Kier alpha value is -0.770. The normalized spacial score (nSPS) is 33.3. The molecule has 0 spiro atoms. The molecule has 0 saturated carbocycles. The summed E-state index contributed by atoms with van der Waals surface area (Å²) in [6.07, 6.45) is 5.86. The maximum Gasteiger partial charge on any atom is 0.315 e. The topological polar surface area (TPSA) is 58.4 Å². The number of rotatable bonds is 1. The van der Waals surface area contributed by atoms with Gasteiger partial charge < -0.3 is 16.0 Å². The first-order valence-electron chi connectivity index (χ1n) is 5.58. The minimum atomic E-state index is -0.247. The Labute approximate surface area is 84.8 Å². The van der Waals surface area contributed by atoms with Gasteiger partial charge in [0.05, 0.1) is 0 Å². The third-order valence-corrected chi connectivity index (χ3v) is 3.40. The molecule has 2 unspecified atom stereocenters. The molecule has 2 amide bonds. The van der Waals surface area contributed by atoms with Gasteiger partial charge in [-0.3, -0.25) is 0 Å². The summed E-state index contributed by atoms with van der Waals surface area (Å²) in [4.78, 5) is 13.1. The first kappa shape index (κ1) is 9.77. The lowest BCUT2D eigenvalue weighted by molar-refractivity contribution is 0.140. The number of amides is 2. The minimum Gasteiger partial charge on any atom is -0.351 e. The summed E-state index contributed by atoms with van der Waals surface area (Å²) < 4.78 is 0. The van der Waals surface area contributed by atoms with Gasteiger partial charge in [0.1, 0.15) is 0 Å². The smallest absolute Gasteiger partial charge is 0.315 e. The zero-order valence-corrected chi connectivity index (χ0v) is 8.54. The summed E-state index contributed by atoms with van der Waals surface area (Å²) in [7, 11) is 0. The van der Waals surface area contributed by atoms with Crippen molar-refractivity contribution in [2.24, 2.45) is 5.73 Å². The number of piperidine rings is 1. The van der Waals surface area contributed by atoms with Crippen LogP contribution in [0, 0.1) is 0 Å². The fraction of sp³-hybridized carbons (Fsp3) is 0.900. The van der Waals surface area contributed by atoms with Gasteiger partial charge in [-0.2, -0.15) is 0 Å². The minimum absolute atomic E-state index is 0.247. The molecule has 80 valence electrons. The van der Waals surface area contributed by atoms with Crippen LogP contribution in [0.15, 0.2) is 0 Å². The summed E-state index contributed by atoms with van der Waals surface area (Å²) in [6, 6.07) is 0.593. The van der Waals surface area contributed by atoms with Crippen LogP contribution in [0.1, 0.15) is 32.1 Å². The highest BCUT2D eigenvalue weighted by Crippen LogP contribution is 2.23. The van der Waals surface area contributed by atoms with Gasteiger partial charge in [-0.1, -0.05) is 0 Å². The molecule has 0 aliphatic carbocycles. The van der Waals surface area contributed by atoms with Crippen LogP contribution in [0.2, 0.25) is 0 Å². The standard InChI is InChI=1S/C10H19N3O/c11-10(14)13-7-2-1-5-9(13)8-4-3-6-12-8/h8-9,12H,1-7H2,(H2,11,14). The van der Waals surface area contributed by atoms with Crippen molar-refractivity contribution in [3.63, 3.8) is 0 Å². The van der Waals surface area contributed by atoms with E-state index < -0.39 is 0 Å². The summed E-state index contributed by atoms with van der Waals surface area (Å²) in [5.41, 5.74) is 5.38. The molecule has 2 atom stereocenters. The van der Waals surface area contributed by atoms with Crippen molar-refractivity contribution in [2.45, 2.75) is 44.2 Å². The van der Waals surface area contributed by atoms with Crippen LogP contribution < -0.4 is 11.1 Å². The van der Waals surface area contributed by atoms with E-state index >= 15 is 0 Å². The fourth-order valence-electron chi connectivity index (χ4n) is 2.69. The Morgan fingerprint density at radius 1 is 1.29 bits per heavy atom. The van der Waals surface area contributed by atoms with Crippen LogP contribution in [0.3, 0.4) is 0 Å². The van der Waals surface area contributed by atoms with Gasteiger partial charge in [0, 0.05) is 18.6 Å². The van der Waals surface area contributed by atoms with Crippen LogP contribution in [-0.2, 0) is 0 Å². The van der Waals surface area contributed by atoms with E-state index in [1.165, 1.54) is 19.3 Å². The number of hydrogen-bond donors (Lipinski definition) is 2. The number of urea groups is 1. The van der Waals surface area contributed by atoms with Crippen LogP contribution in [0.25, 0.3) is 0 Å². The molecule has 0 radical (unpaired) electrons. The monoisotopic (exact) mass is 197 g/mol. The van der Waals surface area contributed by atoms with E-state index in [1.54, 1.807) is 0 Å². The lowest BCUT2D eigenvalue weighted by atomic mass is 9.95. The highest BCUT2D eigenvalue weighted by molar-refractivity contribution is 5.72. The SMILES string of the molecule is NC(=O)N1CCCCC1C1CCCN1. The molecule has 2 saturated heterocycles. The van der Waals surface area contributed by atoms with E-state index in [1.807, 2.05) is 4.90 Å². The Balaban J connectivity index is 2.01. The summed E-state index contributed by atoms with van der Waals surface area (Å²) in [5.74, 6) is 0. The predicted molar refractivity (Wildman–Crippen MR) is 55.0 cm³/mol. The van der Waals surface area contributed by atoms with Crippen molar-refractivity contribution in [2.75, 3.05) is 13.1 Å². The molecule has 2 aliphatic heterocycles. The second-order valence-corrected chi connectivity index (χ2v) is 4.30. The molecule has 14 heavy (non-hydrogen) atoms. The summed E-state index contributed by atoms with van der Waals surface area (Å²) in [6.45, 7) is 1.94. The number of primary amides is 1. The van der Waals surface area contributed by atoms with E-state index in [0.717, 1.165) is 25.9 Å². The molecule has 2 fully saturated rings. The second kappa shape index (κ2) is 4.17. The largest absolute Gasteiger partial charge is 0.351 e. The van der Waals surface area contributed by atoms with Gasteiger partial charge in [0.25, 0.3) is 0 Å². The summed E-state index contributed by atoms with van der Waals surface area (Å²) in [5, 5.41) is 3.46. The van der Waals surface area contributed by atoms with Crippen molar-refractivity contribution in [3.8, 4) is 0 Å². The van der Waals surface area contributed by atoms with E-state index in [9.17, 15) is 4.79 Å². The molecule has 0 aromatic rings. The first-order chi connectivity index (χ1) is 6.79. The zero-order valence-electron chi connectivity index (χ0n) is 8.54. The number of nitrogens with zero attached hydrogens (tertiary/aromatic N) is 1. The Bertz CT molecular complexity index is 213. The molecule has 2 rings (SSSR count). The van der Waals surface area contributed by atoms with E-state index in [2.05, 4.69) is 5.32 Å². The Kier molecular flexibility index (Phi) is 2.91. The van der Waals surface area contributed by atoms with E-state index in [0.29, 0.717) is 12.1 Å². The van der Waals surface area contributed by atoms with Gasteiger partial charge in [0.2, 0.25) is 0 Å². The van der Waals surface area contributed by atoms with Gasteiger partial charge >= 0.3 is 6.03 Å². The first-order valence-corrected chi connectivity index (χ1v) is 5.58. The maximum atomic E-state index is 11.2. The molecule has 2 heterocycles. The van der Waals surface area contributed by atoms with Crippen molar-refractivity contribution < 1.29 is 4.79 Å². The van der Waals surface area contributed by atoms with Gasteiger partial charge in [-0.15, -0.1) is 0 Å². The van der Waals surface area contributed by atoms with Crippen molar-refractivity contribution in [3.05, 3.63) is 0 Å². The van der Waals surface area contributed by atoms with E-state index in [-0.39, 0.29) is 6.03 Å². The second-order valence-electron chi connectivity index (χ2n) is 4.30. The van der Waals surface area contributed by atoms with Crippen molar-refractivity contribution >= 4 is 6.03 Å². The van der Waals surface area contributed by atoms with Crippen LogP contribution >= 0.6 is 0 Å². The molecule has 4 heteroatoms. The Morgan fingerprint density at radius 3 is 2.79 bits per heavy atom. The molecule has 4 nitrogen and oxygen atoms in total. The van der Waals surface area contributed by atoms with E-state index in [4.69, 9.17) is 5.73 Å². The van der Waals surface area contributed by atoms with Gasteiger partial charge in [-0.05, 0) is 38.6 Å². The molecule has 2 aliphatic rings. The number of nitrogens with one attached hydrogen (secondary N) is 1. The molecular weight excluding hydrogens is 178 g/mol. The number of carbonyl (C=O) groups excluding carboxylic acids is 1. The van der Waals surface area contributed by atoms with Crippen LogP contribution in [0.5, 0.6) is 0 Å². The van der Waals surface area contributed by atoms with Gasteiger partial charge in [-0.25, -0.2) is 4.79 Å². The predicted octanol–water partition coefficient (Wildman–Crippen LogP) is 0.672. The van der Waals surface area contributed by atoms with Crippen molar-refractivity contribution in [1.82, 2.24) is 10.2 Å². The highest BCUT2D eigenvalue weighted by atomic mass is 16.2. The number of carbonyl (C=O) groups is 1. The number of nitrogens with two attached hydrogens (primary N) is 1. The lowest BCUT2D eigenvalue weighted by Gasteiger charge is -2.38. The van der Waals surface area contributed by atoms with Crippen LogP contribution in [-0.4, -0.2) is 36.1 Å². The number of likely N-dealkylation sites (tertiary alicyclic amines) is 1. The molecule has 0 aromatic heterocycles. The zero-order chi connectivity index (χ0) is 9.97. The van der Waals surface area contributed by atoms with Crippen molar-refractivity contribution in [1.29, 1.82) is 0 Å². The average Bonchev–Trinajstić information content (AvgIpc) is 2.70. The molecule has 0 bridgehead atoms. The summed E-state index contributed by atoms with van der Waals surface area (Å²) >= 11 is 0. The molecule has 3 N–H and O–H groups in total. The van der Waals surface area contributed by atoms with Crippen LogP contribution in [0.4, 0.5) is 4.79 Å². The third-order valence-electron chi connectivity index (χ3n) is 3.40. The third kappa shape index (κ3) is 1.85. The number of hydrogen-bond acceptors (Lipinski definition) is 2. The fourth-order valence-corrected chi connectivity index (χ4v) is 2.69. The Morgan fingerprint density at radius 2 is 2.14 bits per heavy atom. The average molecular weight is 197 g/mol. The molecular formula is C10H19N3O. The highest BCUT2D eigenvalue weighted by Gasteiger charge is 2.33. The quantitative estimate of drug-likeness (QED) is 0.649. The molecule has 0 aromatic carbocycles. The van der Waals surface area contributed by atoms with Gasteiger partial charge in [0.15, 0.2) is 0 Å². The maximum absolute atomic E-state index is 11.2.